The zero-order chi connectivity index (χ0) is 21.0. The van der Waals surface area contributed by atoms with Crippen LogP contribution in [0, 0.1) is 0 Å². The number of sulfonamides is 1. The second kappa shape index (κ2) is 8.63. The number of hydrogen-bond acceptors (Lipinski definition) is 4. The molecule has 0 radical (unpaired) electrons. The van der Waals surface area contributed by atoms with Gasteiger partial charge in [-0.15, -0.1) is 0 Å². The summed E-state index contributed by atoms with van der Waals surface area (Å²) in [6.07, 6.45) is 0. The SMILES string of the molecule is COc1ccc(CN(C)C(=O)CN(C)S(=O)(=O)c2ccc3ccccc3c2)cc1. The summed E-state index contributed by atoms with van der Waals surface area (Å²) < 4.78 is 32.0. The van der Waals surface area contributed by atoms with E-state index in [1.54, 1.807) is 32.4 Å². The van der Waals surface area contributed by atoms with Crippen LogP contribution in [0.5, 0.6) is 5.75 Å². The van der Waals surface area contributed by atoms with Gasteiger partial charge < -0.3 is 9.64 Å². The molecule has 3 aromatic rings. The van der Waals surface area contributed by atoms with E-state index in [0.29, 0.717) is 6.54 Å². The van der Waals surface area contributed by atoms with Crippen molar-refractivity contribution in [2.75, 3.05) is 27.7 Å². The lowest BCUT2D eigenvalue weighted by Gasteiger charge is -2.22. The number of ether oxygens (including phenoxy) is 1. The van der Waals surface area contributed by atoms with E-state index < -0.39 is 10.0 Å². The largest absolute Gasteiger partial charge is 0.497 e. The van der Waals surface area contributed by atoms with Gasteiger partial charge in [-0.3, -0.25) is 4.79 Å². The number of carbonyl (C=O) groups excluding carboxylic acids is 1. The molecular formula is C22H24N2O4S. The van der Waals surface area contributed by atoms with Crippen LogP contribution in [0.25, 0.3) is 10.8 Å². The molecule has 29 heavy (non-hydrogen) atoms. The van der Waals surface area contributed by atoms with Gasteiger partial charge in [-0.2, -0.15) is 4.31 Å². The Bertz CT molecular complexity index is 1110. The first kappa shape index (κ1) is 20.8. The zero-order valence-corrected chi connectivity index (χ0v) is 17.5. The van der Waals surface area contributed by atoms with Crippen LogP contribution in [-0.4, -0.2) is 51.3 Å². The molecular weight excluding hydrogens is 388 g/mol. The summed E-state index contributed by atoms with van der Waals surface area (Å²) in [6, 6.07) is 19.9. The number of methoxy groups -OCH3 is 1. The third-order valence-electron chi connectivity index (χ3n) is 4.79. The van der Waals surface area contributed by atoms with E-state index in [2.05, 4.69) is 0 Å². The van der Waals surface area contributed by atoms with Crippen LogP contribution in [0.1, 0.15) is 5.56 Å². The predicted octanol–water partition coefficient (Wildman–Crippen LogP) is 3.13. The van der Waals surface area contributed by atoms with Crippen molar-refractivity contribution in [1.82, 2.24) is 9.21 Å². The smallest absolute Gasteiger partial charge is 0.243 e. The molecule has 0 saturated heterocycles. The van der Waals surface area contributed by atoms with Gasteiger partial charge in [0.15, 0.2) is 0 Å². The van der Waals surface area contributed by atoms with Gasteiger partial charge in [0.2, 0.25) is 15.9 Å². The van der Waals surface area contributed by atoms with Gasteiger partial charge in [-0.05, 0) is 40.6 Å². The third-order valence-corrected chi connectivity index (χ3v) is 6.59. The van der Waals surface area contributed by atoms with Crippen LogP contribution < -0.4 is 4.74 Å². The highest BCUT2D eigenvalue weighted by molar-refractivity contribution is 7.89. The average Bonchev–Trinajstić information content (AvgIpc) is 2.73. The van der Waals surface area contributed by atoms with E-state index in [-0.39, 0.29) is 17.3 Å². The van der Waals surface area contributed by atoms with Crippen LogP contribution in [-0.2, 0) is 21.4 Å². The first-order chi connectivity index (χ1) is 13.8. The second-order valence-corrected chi connectivity index (χ2v) is 8.91. The molecule has 6 nitrogen and oxygen atoms in total. The van der Waals surface area contributed by atoms with E-state index in [4.69, 9.17) is 4.74 Å². The number of rotatable bonds is 7. The summed E-state index contributed by atoms with van der Waals surface area (Å²) in [5.74, 6) is 0.455. The van der Waals surface area contributed by atoms with Gasteiger partial charge in [0, 0.05) is 20.6 Å². The van der Waals surface area contributed by atoms with E-state index in [1.165, 1.54) is 11.9 Å². The number of nitrogens with zero attached hydrogens (tertiary/aromatic N) is 2. The van der Waals surface area contributed by atoms with Crippen molar-refractivity contribution in [2.24, 2.45) is 0 Å². The van der Waals surface area contributed by atoms with E-state index >= 15 is 0 Å². The molecule has 1 amide bonds. The van der Waals surface area contributed by atoms with Crippen molar-refractivity contribution in [3.05, 3.63) is 72.3 Å². The summed E-state index contributed by atoms with van der Waals surface area (Å²) in [5.41, 5.74) is 0.932. The summed E-state index contributed by atoms with van der Waals surface area (Å²) >= 11 is 0. The molecule has 0 fully saturated rings. The third kappa shape index (κ3) is 4.75. The minimum atomic E-state index is -3.77. The minimum absolute atomic E-state index is 0.171. The molecule has 3 rings (SSSR count). The first-order valence-corrected chi connectivity index (χ1v) is 10.6. The Morgan fingerprint density at radius 1 is 0.931 bits per heavy atom. The lowest BCUT2D eigenvalue weighted by molar-refractivity contribution is -0.130. The van der Waals surface area contributed by atoms with E-state index in [1.807, 2.05) is 48.5 Å². The molecule has 3 aromatic carbocycles. The predicted molar refractivity (Wildman–Crippen MR) is 113 cm³/mol. The summed E-state index contributed by atoms with van der Waals surface area (Å²) in [5, 5.41) is 1.80. The summed E-state index contributed by atoms with van der Waals surface area (Å²) in [6.45, 7) is 0.147. The van der Waals surface area contributed by atoms with Gasteiger partial charge in [-0.25, -0.2) is 8.42 Å². The van der Waals surface area contributed by atoms with Crippen LogP contribution in [0.3, 0.4) is 0 Å². The standard InChI is InChI=1S/C22H24N2O4S/c1-23(15-17-8-11-20(28-3)12-9-17)22(25)16-24(2)29(26,27)21-13-10-18-6-4-5-7-19(18)14-21/h4-14H,15-16H2,1-3H3. The number of likely N-dealkylation sites (N-methyl/N-ethyl adjacent to an activating group) is 2. The highest BCUT2D eigenvalue weighted by atomic mass is 32.2. The Balaban J connectivity index is 1.69. The second-order valence-electron chi connectivity index (χ2n) is 6.87. The van der Waals surface area contributed by atoms with Crippen LogP contribution in [0.4, 0.5) is 0 Å². The topological polar surface area (TPSA) is 66.9 Å². The Labute approximate surface area is 171 Å². The summed E-state index contributed by atoms with van der Waals surface area (Å²) in [4.78, 5) is 14.2. The Hall–Kier alpha value is -2.90. The molecule has 0 aliphatic carbocycles. The molecule has 0 unspecified atom stereocenters. The van der Waals surface area contributed by atoms with Gasteiger partial charge >= 0.3 is 0 Å². The van der Waals surface area contributed by atoms with Crippen molar-refractivity contribution in [2.45, 2.75) is 11.4 Å². The van der Waals surface area contributed by atoms with Crippen molar-refractivity contribution < 1.29 is 17.9 Å². The average molecular weight is 413 g/mol. The monoisotopic (exact) mass is 412 g/mol. The molecule has 0 aromatic heterocycles. The van der Waals surface area contributed by atoms with Crippen LogP contribution in [0.2, 0.25) is 0 Å². The van der Waals surface area contributed by atoms with Crippen LogP contribution in [0.15, 0.2) is 71.6 Å². The summed E-state index contributed by atoms with van der Waals surface area (Å²) in [7, 11) is 0.898. The number of fused-ring (bicyclic) bond motifs is 1. The van der Waals surface area contributed by atoms with Crippen molar-refractivity contribution >= 4 is 26.7 Å². The van der Waals surface area contributed by atoms with Crippen molar-refractivity contribution in [3.8, 4) is 5.75 Å². The molecule has 0 aliphatic rings. The highest BCUT2D eigenvalue weighted by Gasteiger charge is 2.24. The molecule has 0 N–H and O–H groups in total. The highest BCUT2D eigenvalue weighted by Crippen LogP contribution is 2.21. The first-order valence-electron chi connectivity index (χ1n) is 9.13. The fraction of sp³-hybridized carbons (Fsp3) is 0.227. The Kier molecular flexibility index (Phi) is 6.20. The van der Waals surface area contributed by atoms with Gasteiger partial charge in [-0.1, -0.05) is 42.5 Å². The van der Waals surface area contributed by atoms with Crippen LogP contribution >= 0.6 is 0 Å². The fourth-order valence-electron chi connectivity index (χ4n) is 3.00. The maximum atomic E-state index is 12.9. The molecule has 7 heteroatoms. The minimum Gasteiger partial charge on any atom is -0.497 e. The number of carbonyl (C=O) groups is 1. The van der Waals surface area contributed by atoms with E-state index in [0.717, 1.165) is 26.4 Å². The van der Waals surface area contributed by atoms with E-state index in [9.17, 15) is 13.2 Å². The molecule has 0 aliphatic heterocycles. The van der Waals surface area contributed by atoms with Crippen molar-refractivity contribution in [3.63, 3.8) is 0 Å². The fourth-order valence-corrected chi connectivity index (χ4v) is 4.15. The molecule has 0 atom stereocenters. The molecule has 0 saturated carbocycles. The lowest BCUT2D eigenvalue weighted by atomic mass is 10.1. The van der Waals surface area contributed by atoms with Crippen molar-refractivity contribution in [1.29, 1.82) is 0 Å². The van der Waals surface area contributed by atoms with Gasteiger partial charge in [0.05, 0.1) is 18.6 Å². The molecule has 0 bridgehead atoms. The van der Waals surface area contributed by atoms with Gasteiger partial charge in [0.1, 0.15) is 5.75 Å². The molecule has 0 spiro atoms. The normalized spacial score (nSPS) is 11.6. The zero-order valence-electron chi connectivity index (χ0n) is 16.7. The van der Waals surface area contributed by atoms with Gasteiger partial charge in [0.25, 0.3) is 0 Å². The number of amides is 1. The number of hydrogen-bond donors (Lipinski definition) is 0. The lowest BCUT2D eigenvalue weighted by Crippen LogP contribution is -2.39. The maximum absolute atomic E-state index is 12.9. The Morgan fingerprint density at radius 2 is 1.59 bits per heavy atom. The number of benzene rings is 3. The quantitative estimate of drug-likeness (QED) is 0.598. The Morgan fingerprint density at radius 3 is 2.24 bits per heavy atom. The molecule has 152 valence electrons. The molecule has 0 heterocycles. The maximum Gasteiger partial charge on any atom is 0.243 e.